The lowest BCUT2D eigenvalue weighted by atomic mass is 10.1. The Labute approximate surface area is 195 Å². The molecule has 0 aliphatic carbocycles. The topological polar surface area (TPSA) is 79.9 Å². The number of nitrogens with one attached hydrogen (secondary N) is 2. The van der Waals surface area contributed by atoms with Crippen LogP contribution in [-0.4, -0.2) is 56.4 Å². The molecule has 1 atom stereocenters. The zero-order valence-electron chi connectivity index (χ0n) is 17.5. The third kappa shape index (κ3) is 6.80. The van der Waals surface area contributed by atoms with Crippen LogP contribution < -0.4 is 10.6 Å². The lowest BCUT2D eigenvalue weighted by Crippen LogP contribution is -2.48. The van der Waals surface area contributed by atoms with Crippen LogP contribution in [0.4, 0.5) is 9.18 Å². The van der Waals surface area contributed by atoms with Crippen molar-refractivity contribution in [2.45, 2.75) is 19.2 Å². The fraction of sp³-hybridized carbons (Fsp3) is 0.364. The number of carbonyl (C=O) groups is 2. The highest BCUT2D eigenvalue weighted by molar-refractivity contribution is 6.42. The molecule has 0 bridgehead atoms. The van der Waals surface area contributed by atoms with Gasteiger partial charge in [0.15, 0.2) is 0 Å². The summed E-state index contributed by atoms with van der Waals surface area (Å²) < 4.78 is 24.0. The van der Waals surface area contributed by atoms with Crippen molar-refractivity contribution in [3.05, 3.63) is 69.0 Å². The Kier molecular flexibility index (Phi) is 8.69. The molecule has 0 unspecified atom stereocenters. The minimum absolute atomic E-state index is 0.130. The molecule has 172 valence electrons. The summed E-state index contributed by atoms with van der Waals surface area (Å²) in [5.74, 6) is -1.45. The maximum atomic E-state index is 13.7. The monoisotopic (exact) mass is 483 g/mol. The molecule has 1 heterocycles. The van der Waals surface area contributed by atoms with Gasteiger partial charge >= 0.3 is 12.0 Å². The summed E-state index contributed by atoms with van der Waals surface area (Å²) in [5.41, 5.74) is 1.45. The van der Waals surface area contributed by atoms with Gasteiger partial charge in [-0.15, -0.1) is 0 Å². The first-order valence-electron chi connectivity index (χ1n) is 10.0. The van der Waals surface area contributed by atoms with Crippen molar-refractivity contribution >= 4 is 35.2 Å². The second kappa shape index (κ2) is 11.5. The number of hydrogen-bond acceptors (Lipinski definition) is 5. The second-order valence-electron chi connectivity index (χ2n) is 7.35. The molecule has 2 aromatic rings. The molecule has 3 rings (SSSR count). The number of urea groups is 1. The molecule has 7 nitrogen and oxygen atoms in total. The Morgan fingerprint density at radius 1 is 1.16 bits per heavy atom. The molecule has 32 heavy (non-hydrogen) atoms. The molecule has 2 aromatic carbocycles. The molecule has 0 aromatic heterocycles. The van der Waals surface area contributed by atoms with E-state index in [1.165, 1.54) is 25.3 Å². The van der Waals surface area contributed by atoms with Gasteiger partial charge in [-0.3, -0.25) is 4.90 Å². The summed E-state index contributed by atoms with van der Waals surface area (Å²) in [7, 11) is 1.18. The van der Waals surface area contributed by atoms with Crippen LogP contribution >= 0.6 is 23.2 Å². The van der Waals surface area contributed by atoms with E-state index in [1.807, 2.05) is 12.1 Å². The Morgan fingerprint density at radius 3 is 2.69 bits per heavy atom. The van der Waals surface area contributed by atoms with E-state index in [9.17, 15) is 14.0 Å². The van der Waals surface area contributed by atoms with Crippen molar-refractivity contribution < 1.29 is 23.5 Å². The predicted molar refractivity (Wildman–Crippen MR) is 119 cm³/mol. The number of methoxy groups -OCH3 is 1. The standard InChI is InChI=1S/C22H24Cl2FN3O4/c1-31-21(29)17-8-14(3-5-20(17)25)10-26-22(30)27-11-16-13-28(6-7-32-16)12-15-2-4-18(23)19(24)9-15/h2-5,8-9,16H,6-7,10-13H2,1H3,(H2,26,27,30)/t16-/m0/s1. The number of carbonyl (C=O) groups excluding carboxylic acids is 2. The van der Waals surface area contributed by atoms with Crippen molar-refractivity contribution in [3.63, 3.8) is 0 Å². The first-order chi connectivity index (χ1) is 15.4. The molecule has 0 spiro atoms. The van der Waals surface area contributed by atoms with Gasteiger partial charge < -0.3 is 20.1 Å². The van der Waals surface area contributed by atoms with E-state index < -0.39 is 11.8 Å². The van der Waals surface area contributed by atoms with Crippen molar-refractivity contribution in [3.8, 4) is 0 Å². The molecule has 10 heteroatoms. The van der Waals surface area contributed by atoms with Gasteiger partial charge in [-0.05, 0) is 35.4 Å². The molecule has 1 aliphatic rings. The Balaban J connectivity index is 1.44. The van der Waals surface area contributed by atoms with Crippen molar-refractivity contribution in [1.82, 2.24) is 15.5 Å². The number of halogens is 3. The highest BCUT2D eigenvalue weighted by Crippen LogP contribution is 2.23. The average Bonchev–Trinajstić information content (AvgIpc) is 2.79. The summed E-state index contributed by atoms with van der Waals surface area (Å²) in [6, 6.07) is 9.18. The molecular formula is C22H24Cl2FN3O4. The van der Waals surface area contributed by atoms with Crippen LogP contribution in [0.15, 0.2) is 36.4 Å². The van der Waals surface area contributed by atoms with E-state index in [4.69, 9.17) is 27.9 Å². The Bertz CT molecular complexity index is 976. The molecule has 0 saturated carbocycles. The van der Waals surface area contributed by atoms with Gasteiger partial charge in [-0.2, -0.15) is 0 Å². The van der Waals surface area contributed by atoms with Gasteiger partial charge in [0.2, 0.25) is 0 Å². The normalized spacial score (nSPS) is 16.4. The number of benzene rings is 2. The third-order valence-electron chi connectivity index (χ3n) is 4.99. The number of rotatable bonds is 7. The molecular weight excluding hydrogens is 460 g/mol. The minimum atomic E-state index is -0.770. The first-order valence-corrected chi connectivity index (χ1v) is 10.8. The smallest absolute Gasteiger partial charge is 0.340 e. The first kappa shape index (κ1) is 24.3. The van der Waals surface area contributed by atoms with E-state index in [-0.39, 0.29) is 24.2 Å². The number of nitrogens with zero attached hydrogens (tertiary/aromatic N) is 1. The van der Waals surface area contributed by atoms with E-state index in [2.05, 4.69) is 20.3 Å². The van der Waals surface area contributed by atoms with Gasteiger partial charge in [0.1, 0.15) is 5.82 Å². The summed E-state index contributed by atoms with van der Waals surface area (Å²) in [5, 5.41) is 6.50. The number of morpholine rings is 1. The Morgan fingerprint density at radius 2 is 1.94 bits per heavy atom. The maximum Gasteiger partial charge on any atom is 0.340 e. The fourth-order valence-electron chi connectivity index (χ4n) is 3.34. The zero-order chi connectivity index (χ0) is 23.1. The van der Waals surface area contributed by atoms with Gasteiger partial charge in [-0.25, -0.2) is 14.0 Å². The van der Waals surface area contributed by atoms with Crippen molar-refractivity contribution in [2.75, 3.05) is 33.4 Å². The zero-order valence-corrected chi connectivity index (χ0v) is 19.0. The van der Waals surface area contributed by atoms with Crippen LogP contribution in [0.5, 0.6) is 0 Å². The Hall–Kier alpha value is -2.39. The highest BCUT2D eigenvalue weighted by Gasteiger charge is 2.21. The average molecular weight is 484 g/mol. The van der Waals surface area contributed by atoms with Crippen LogP contribution in [0.2, 0.25) is 10.0 Å². The number of amides is 2. The molecule has 0 radical (unpaired) electrons. The summed E-state index contributed by atoms with van der Waals surface area (Å²) in [4.78, 5) is 26.0. The highest BCUT2D eigenvalue weighted by atomic mass is 35.5. The molecule has 1 saturated heterocycles. The summed E-state index contributed by atoms with van der Waals surface area (Å²) in [6.07, 6.45) is -0.158. The second-order valence-corrected chi connectivity index (χ2v) is 8.16. The van der Waals surface area contributed by atoms with E-state index >= 15 is 0 Å². The summed E-state index contributed by atoms with van der Waals surface area (Å²) >= 11 is 12.1. The maximum absolute atomic E-state index is 13.7. The van der Waals surface area contributed by atoms with E-state index in [0.717, 1.165) is 12.1 Å². The molecule has 2 N–H and O–H groups in total. The quantitative estimate of drug-likeness (QED) is 0.587. The summed E-state index contributed by atoms with van der Waals surface area (Å²) in [6.45, 7) is 3.15. The number of ether oxygens (including phenoxy) is 2. The van der Waals surface area contributed by atoms with Crippen LogP contribution in [-0.2, 0) is 22.6 Å². The van der Waals surface area contributed by atoms with Gasteiger partial charge in [-0.1, -0.05) is 35.3 Å². The van der Waals surface area contributed by atoms with Crippen LogP contribution in [0, 0.1) is 5.82 Å². The third-order valence-corrected chi connectivity index (χ3v) is 5.73. The van der Waals surface area contributed by atoms with Crippen LogP contribution in [0.1, 0.15) is 21.5 Å². The van der Waals surface area contributed by atoms with Crippen LogP contribution in [0.25, 0.3) is 0 Å². The van der Waals surface area contributed by atoms with E-state index in [1.54, 1.807) is 6.07 Å². The van der Waals surface area contributed by atoms with E-state index in [0.29, 0.717) is 41.8 Å². The van der Waals surface area contributed by atoms with Crippen LogP contribution in [0.3, 0.4) is 0 Å². The van der Waals surface area contributed by atoms with Crippen molar-refractivity contribution in [1.29, 1.82) is 0 Å². The lowest BCUT2D eigenvalue weighted by molar-refractivity contribution is -0.0287. The largest absolute Gasteiger partial charge is 0.465 e. The van der Waals surface area contributed by atoms with Gasteiger partial charge in [0.25, 0.3) is 0 Å². The number of hydrogen-bond donors (Lipinski definition) is 2. The number of esters is 1. The lowest BCUT2D eigenvalue weighted by Gasteiger charge is -2.33. The SMILES string of the molecule is COC(=O)c1cc(CNC(=O)NC[C@H]2CN(Cc3ccc(Cl)c(Cl)c3)CCO2)ccc1F. The van der Waals surface area contributed by atoms with Gasteiger partial charge in [0.05, 0.1) is 35.4 Å². The van der Waals surface area contributed by atoms with Crippen molar-refractivity contribution in [2.24, 2.45) is 0 Å². The molecule has 2 amide bonds. The molecule has 1 fully saturated rings. The van der Waals surface area contributed by atoms with Gasteiger partial charge in [0, 0.05) is 32.7 Å². The minimum Gasteiger partial charge on any atom is -0.465 e. The fourth-order valence-corrected chi connectivity index (χ4v) is 3.66. The molecule has 1 aliphatic heterocycles. The predicted octanol–water partition coefficient (Wildman–Crippen LogP) is 3.62.